The van der Waals surface area contributed by atoms with Crippen LogP contribution in [-0.2, 0) is 5.41 Å². The van der Waals surface area contributed by atoms with Crippen molar-refractivity contribution in [2.24, 2.45) is 0 Å². The molecule has 2 heteroatoms. The van der Waals surface area contributed by atoms with E-state index in [4.69, 9.17) is 0 Å². The molecule has 7 rings (SSSR count). The molecule has 1 aromatic heterocycles. The van der Waals surface area contributed by atoms with Crippen molar-refractivity contribution in [2.45, 2.75) is 37.5 Å². The summed E-state index contributed by atoms with van der Waals surface area (Å²) < 4.78 is 2.30. The summed E-state index contributed by atoms with van der Waals surface area (Å²) in [7, 11) is 0. The van der Waals surface area contributed by atoms with Crippen LogP contribution in [-0.4, -0.2) is 9.67 Å². The third-order valence-electron chi connectivity index (χ3n) is 7.86. The number of aromatic hydroxyl groups is 1. The van der Waals surface area contributed by atoms with Crippen LogP contribution in [0.2, 0.25) is 0 Å². The van der Waals surface area contributed by atoms with Gasteiger partial charge in [-0.3, -0.25) is 0 Å². The molecule has 5 aromatic rings. The van der Waals surface area contributed by atoms with Gasteiger partial charge in [0.05, 0.1) is 11.0 Å². The lowest BCUT2D eigenvalue weighted by Gasteiger charge is -2.36. The zero-order chi connectivity index (χ0) is 21.3. The summed E-state index contributed by atoms with van der Waals surface area (Å²) in [5.74, 6) is 0.305. The third kappa shape index (κ3) is 2.30. The van der Waals surface area contributed by atoms with Crippen LogP contribution >= 0.6 is 0 Å². The Morgan fingerprint density at radius 1 is 0.625 bits per heavy atom. The van der Waals surface area contributed by atoms with Gasteiger partial charge >= 0.3 is 0 Å². The van der Waals surface area contributed by atoms with Crippen molar-refractivity contribution in [1.29, 1.82) is 0 Å². The van der Waals surface area contributed by atoms with Crippen molar-refractivity contribution in [2.75, 3.05) is 0 Å². The van der Waals surface area contributed by atoms with Crippen LogP contribution in [0.3, 0.4) is 0 Å². The van der Waals surface area contributed by atoms with Crippen LogP contribution in [0.5, 0.6) is 5.75 Å². The van der Waals surface area contributed by atoms with Crippen LogP contribution in [0.1, 0.15) is 43.2 Å². The van der Waals surface area contributed by atoms with Gasteiger partial charge in [0, 0.05) is 27.9 Å². The van der Waals surface area contributed by atoms with Gasteiger partial charge < -0.3 is 9.67 Å². The van der Waals surface area contributed by atoms with E-state index >= 15 is 0 Å². The molecule has 0 bridgehead atoms. The molecule has 2 aliphatic rings. The molecular weight excluding hydrogens is 390 g/mol. The van der Waals surface area contributed by atoms with Crippen molar-refractivity contribution in [3.63, 3.8) is 0 Å². The normalized spacial score (nSPS) is 16.5. The minimum absolute atomic E-state index is 0.149. The first-order valence-electron chi connectivity index (χ1n) is 11.7. The van der Waals surface area contributed by atoms with E-state index in [1.165, 1.54) is 70.6 Å². The summed E-state index contributed by atoms with van der Waals surface area (Å²) >= 11 is 0. The molecule has 32 heavy (non-hydrogen) atoms. The highest BCUT2D eigenvalue weighted by Gasteiger charge is 2.44. The summed E-state index contributed by atoms with van der Waals surface area (Å²) in [5.41, 5.74) is 9.35. The quantitative estimate of drug-likeness (QED) is 0.298. The number of benzene rings is 4. The van der Waals surface area contributed by atoms with Gasteiger partial charge in [0.25, 0.3) is 0 Å². The Labute approximate surface area is 187 Å². The van der Waals surface area contributed by atoms with Crippen molar-refractivity contribution in [1.82, 2.24) is 4.57 Å². The highest BCUT2D eigenvalue weighted by Crippen LogP contribution is 2.57. The largest absolute Gasteiger partial charge is 0.508 e. The first-order chi connectivity index (χ1) is 15.8. The van der Waals surface area contributed by atoms with Crippen molar-refractivity contribution in [3.05, 3.63) is 96.1 Å². The van der Waals surface area contributed by atoms with Gasteiger partial charge in [-0.15, -0.1) is 0 Å². The molecule has 4 aromatic carbocycles. The van der Waals surface area contributed by atoms with Gasteiger partial charge in [-0.05, 0) is 71.5 Å². The molecule has 0 radical (unpaired) electrons. The van der Waals surface area contributed by atoms with Gasteiger partial charge in [0.1, 0.15) is 5.75 Å². The highest BCUT2D eigenvalue weighted by atomic mass is 16.3. The average molecular weight is 416 g/mol. The highest BCUT2D eigenvalue weighted by molar-refractivity contribution is 6.11. The summed E-state index contributed by atoms with van der Waals surface area (Å²) in [6, 6.07) is 30.3. The predicted molar refractivity (Wildman–Crippen MR) is 132 cm³/mol. The van der Waals surface area contributed by atoms with Crippen LogP contribution in [0, 0.1) is 0 Å². The molecule has 156 valence electrons. The molecule has 1 spiro atoms. The number of rotatable bonds is 1. The molecule has 0 saturated heterocycles. The SMILES string of the molecule is Oc1ccc2c3cc4c(cc3n(-c3ccccc3)c2c1)-c1ccccc1C41CCCCC1. The molecule has 1 N–H and O–H groups in total. The Hall–Kier alpha value is -3.52. The molecular formula is C30H25NO. The van der Waals surface area contributed by atoms with Crippen LogP contribution in [0.25, 0.3) is 38.6 Å². The molecule has 0 aliphatic heterocycles. The fourth-order valence-corrected chi connectivity index (χ4v) is 6.50. The van der Waals surface area contributed by atoms with Gasteiger partial charge in [-0.25, -0.2) is 0 Å². The van der Waals surface area contributed by atoms with Crippen LogP contribution in [0.4, 0.5) is 0 Å². The van der Waals surface area contributed by atoms with E-state index in [-0.39, 0.29) is 5.41 Å². The maximum absolute atomic E-state index is 10.3. The van der Waals surface area contributed by atoms with E-state index in [2.05, 4.69) is 77.4 Å². The van der Waals surface area contributed by atoms with Gasteiger partial charge in [-0.2, -0.15) is 0 Å². The zero-order valence-electron chi connectivity index (χ0n) is 18.0. The van der Waals surface area contributed by atoms with E-state index in [9.17, 15) is 5.11 Å². The molecule has 0 amide bonds. The predicted octanol–water partition coefficient (Wildman–Crippen LogP) is 7.72. The Bertz CT molecular complexity index is 1500. The van der Waals surface area contributed by atoms with Crippen molar-refractivity contribution in [3.8, 4) is 22.6 Å². The summed E-state index contributed by atoms with van der Waals surface area (Å²) in [4.78, 5) is 0. The van der Waals surface area contributed by atoms with Crippen molar-refractivity contribution < 1.29 is 5.11 Å². The molecule has 0 atom stereocenters. The number of phenols is 1. The number of nitrogens with zero attached hydrogens (tertiary/aromatic N) is 1. The maximum atomic E-state index is 10.3. The Balaban J connectivity index is 1.63. The molecule has 1 fully saturated rings. The van der Waals surface area contributed by atoms with Crippen LogP contribution in [0.15, 0.2) is 84.9 Å². The van der Waals surface area contributed by atoms with E-state index in [1.54, 1.807) is 0 Å². The second-order valence-corrected chi connectivity index (χ2v) is 9.48. The Morgan fingerprint density at radius 3 is 2.22 bits per heavy atom. The number of para-hydroxylation sites is 1. The summed E-state index contributed by atoms with van der Waals surface area (Å²) in [5, 5.41) is 12.8. The standard InChI is InChI=1S/C30H25NO/c32-21-13-14-23-25-18-27-24(19-29(25)31(28(23)17-21)20-9-3-1-4-10-20)22-11-5-6-12-26(22)30(27)15-7-2-8-16-30/h1,3-6,9-14,17-19,32H,2,7-8,15-16H2. The van der Waals surface area contributed by atoms with Gasteiger partial charge in [-0.1, -0.05) is 61.7 Å². The first-order valence-corrected chi connectivity index (χ1v) is 11.7. The van der Waals surface area contributed by atoms with E-state index in [0.29, 0.717) is 5.75 Å². The van der Waals surface area contributed by atoms with Crippen LogP contribution < -0.4 is 0 Å². The minimum atomic E-state index is 0.149. The molecule has 2 aliphatic carbocycles. The lowest BCUT2D eigenvalue weighted by molar-refractivity contribution is 0.353. The van der Waals surface area contributed by atoms with E-state index in [1.807, 2.05) is 12.1 Å². The molecule has 1 saturated carbocycles. The van der Waals surface area contributed by atoms with Crippen molar-refractivity contribution >= 4 is 21.8 Å². The number of aromatic nitrogens is 1. The monoisotopic (exact) mass is 415 g/mol. The lowest BCUT2D eigenvalue weighted by Crippen LogP contribution is -2.27. The first kappa shape index (κ1) is 18.1. The zero-order valence-corrected chi connectivity index (χ0v) is 18.0. The van der Waals surface area contributed by atoms with Gasteiger partial charge in [0.15, 0.2) is 0 Å². The Morgan fingerprint density at radius 2 is 1.38 bits per heavy atom. The fraction of sp³-hybridized carbons (Fsp3) is 0.200. The number of fused-ring (bicyclic) bond motifs is 8. The Kier molecular flexibility index (Phi) is 3.67. The van der Waals surface area contributed by atoms with E-state index < -0.39 is 0 Å². The van der Waals surface area contributed by atoms with E-state index in [0.717, 1.165) is 11.2 Å². The maximum Gasteiger partial charge on any atom is 0.117 e. The molecule has 1 heterocycles. The topological polar surface area (TPSA) is 25.2 Å². The number of hydrogen-bond acceptors (Lipinski definition) is 1. The second-order valence-electron chi connectivity index (χ2n) is 9.48. The summed E-state index contributed by atoms with van der Waals surface area (Å²) in [6.45, 7) is 0. The number of hydrogen-bond donors (Lipinski definition) is 1. The van der Waals surface area contributed by atoms with Gasteiger partial charge in [0.2, 0.25) is 0 Å². The molecule has 0 unspecified atom stereocenters. The third-order valence-corrected chi connectivity index (χ3v) is 7.86. The second kappa shape index (κ2) is 6.49. The summed E-state index contributed by atoms with van der Waals surface area (Å²) in [6.07, 6.45) is 6.41. The average Bonchev–Trinajstić information content (AvgIpc) is 3.29. The lowest BCUT2D eigenvalue weighted by atomic mass is 9.68. The fourth-order valence-electron chi connectivity index (χ4n) is 6.50. The minimum Gasteiger partial charge on any atom is -0.508 e. The number of phenolic OH excluding ortho intramolecular Hbond substituents is 1. The smallest absolute Gasteiger partial charge is 0.117 e. The molecule has 2 nitrogen and oxygen atoms in total.